The molecule has 0 aliphatic carbocycles. The summed E-state index contributed by atoms with van der Waals surface area (Å²) >= 11 is 0. The van der Waals surface area contributed by atoms with Crippen molar-refractivity contribution in [2.75, 3.05) is 23.3 Å². The van der Waals surface area contributed by atoms with Crippen LogP contribution in [0.15, 0.2) is 48.9 Å². The number of fused-ring (bicyclic) bond motifs is 1. The number of carbonyl (C=O) groups is 1. The van der Waals surface area contributed by atoms with Gasteiger partial charge in [0.2, 0.25) is 0 Å². The fourth-order valence-corrected chi connectivity index (χ4v) is 3.86. The summed E-state index contributed by atoms with van der Waals surface area (Å²) in [6, 6.07) is 11.7. The third kappa shape index (κ3) is 3.94. The van der Waals surface area contributed by atoms with Crippen LogP contribution in [0.25, 0.3) is 11.0 Å². The van der Waals surface area contributed by atoms with E-state index in [1.165, 1.54) is 0 Å². The Balaban J connectivity index is 1.39. The van der Waals surface area contributed by atoms with E-state index in [9.17, 15) is 4.79 Å². The lowest BCUT2D eigenvalue weighted by Crippen LogP contribution is -2.38. The SMILES string of the molecule is C[C@@H](Nc1ccccc1)C(=O)CC1CCCN(c2ncnc3[nH]ccc23)C1. The van der Waals surface area contributed by atoms with Crippen molar-refractivity contribution in [3.8, 4) is 0 Å². The van der Waals surface area contributed by atoms with Gasteiger partial charge in [0.1, 0.15) is 17.8 Å². The number of aromatic amines is 1. The highest BCUT2D eigenvalue weighted by atomic mass is 16.1. The van der Waals surface area contributed by atoms with Gasteiger partial charge in [-0.25, -0.2) is 9.97 Å². The van der Waals surface area contributed by atoms with Gasteiger partial charge in [-0.05, 0) is 43.9 Å². The number of rotatable bonds is 6. The predicted molar refractivity (Wildman–Crippen MR) is 108 cm³/mol. The Morgan fingerprint density at radius 1 is 1.30 bits per heavy atom. The molecule has 1 aliphatic heterocycles. The Morgan fingerprint density at radius 3 is 3.00 bits per heavy atom. The maximum atomic E-state index is 12.7. The number of para-hydroxylation sites is 1. The van der Waals surface area contributed by atoms with Crippen LogP contribution < -0.4 is 10.2 Å². The molecule has 6 heteroatoms. The van der Waals surface area contributed by atoms with Crippen molar-refractivity contribution < 1.29 is 4.79 Å². The Morgan fingerprint density at radius 2 is 2.15 bits per heavy atom. The number of hydrogen-bond acceptors (Lipinski definition) is 5. The molecular formula is C21H25N5O. The molecule has 0 spiro atoms. The summed E-state index contributed by atoms with van der Waals surface area (Å²) in [6.45, 7) is 3.78. The molecule has 1 unspecified atom stereocenters. The second kappa shape index (κ2) is 7.78. The first-order valence-corrected chi connectivity index (χ1v) is 9.58. The van der Waals surface area contributed by atoms with Crippen LogP contribution in [-0.2, 0) is 4.79 Å². The smallest absolute Gasteiger partial charge is 0.155 e. The summed E-state index contributed by atoms with van der Waals surface area (Å²) in [5.74, 6) is 1.59. The van der Waals surface area contributed by atoms with Crippen molar-refractivity contribution in [3.05, 3.63) is 48.9 Å². The van der Waals surface area contributed by atoms with Crippen LogP contribution in [-0.4, -0.2) is 39.9 Å². The quantitative estimate of drug-likeness (QED) is 0.699. The van der Waals surface area contributed by atoms with Crippen LogP contribution in [0.5, 0.6) is 0 Å². The molecule has 3 aromatic rings. The molecule has 6 nitrogen and oxygen atoms in total. The number of carbonyl (C=O) groups excluding carboxylic acids is 1. The van der Waals surface area contributed by atoms with E-state index in [1.807, 2.05) is 49.5 Å². The lowest BCUT2D eigenvalue weighted by Gasteiger charge is -2.34. The van der Waals surface area contributed by atoms with Gasteiger partial charge in [-0.3, -0.25) is 4.79 Å². The average Bonchev–Trinajstić information content (AvgIpc) is 3.18. The highest BCUT2D eigenvalue weighted by Crippen LogP contribution is 2.28. The molecule has 27 heavy (non-hydrogen) atoms. The zero-order chi connectivity index (χ0) is 18.6. The van der Waals surface area contributed by atoms with Crippen molar-refractivity contribution in [2.45, 2.75) is 32.2 Å². The molecule has 1 saturated heterocycles. The van der Waals surface area contributed by atoms with Gasteiger partial charge in [-0.15, -0.1) is 0 Å². The minimum absolute atomic E-state index is 0.182. The van der Waals surface area contributed by atoms with Gasteiger partial charge < -0.3 is 15.2 Å². The van der Waals surface area contributed by atoms with Crippen LogP contribution in [0, 0.1) is 5.92 Å². The number of Topliss-reactive ketones (excluding diaryl/α,β-unsaturated/α-hetero) is 1. The zero-order valence-electron chi connectivity index (χ0n) is 15.6. The lowest BCUT2D eigenvalue weighted by molar-refractivity contribution is -0.120. The van der Waals surface area contributed by atoms with Crippen molar-refractivity contribution >= 4 is 28.3 Å². The molecule has 1 aliphatic rings. The molecule has 1 fully saturated rings. The summed E-state index contributed by atoms with van der Waals surface area (Å²) < 4.78 is 0. The Hall–Kier alpha value is -2.89. The van der Waals surface area contributed by atoms with Crippen LogP contribution in [0.3, 0.4) is 0 Å². The number of aromatic nitrogens is 3. The first-order chi connectivity index (χ1) is 13.2. The number of anilines is 2. The Bertz CT molecular complexity index is 907. The highest BCUT2D eigenvalue weighted by Gasteiger charge is 2.26. The first kappa shape index (κ1) is 17.5. The van der Waals surface area contributed by atoms with Crippen molar-refractivity contribution in [3.63, 3.8) is 0 Å². The van der Waals surface area contributed by atoms with E-state index in [2.05, 4.69) is 25.2 Å². The van der Waals surface area contributed by atoms with Gasteiger partial charge in [0, 0.05) is 31.4 Å². The summed E-state index contributed by atoms with van der Waals surface area (Å²) in [6.07, 6.45) is 6.26. The molecule has 140 valence electrons. The minimum atomic E-state index is -0.182. The predicted octanol–water partition coefficient (Wildman–Crippen LogP) is 3.63. The van der Waals surface area contributed by atoms with Gasteiger partial charge in [-0.1, -0.05) is 18.2 Å². The van der Waals surface area contributed by atoms with Gasteiger partial charge in [0.15, 0.2) is 5.78 Å². The average molecular weight is 363 g/mol. The van der Waals surface area contributed by atoms with Crippen molar-refractivity contribution in [1.29, 1.82) is 0 Å². The van der Waals surface area contributed by atoms with Gasteiger partial charge in [0.05, 0.1) is 11.4 Å². The fraction of sp³-hybridized carbons (Fsp3) is 0.381. The molecule has 2 aromatic heterocycles. The van der Waals surface area contributed by atoms with Crippen LogP contribution in [0.2, 0.25) is 0 Å². The Labute approximate surface area is 159 Å². The summed E-state index contributed by atoms with van der Waals surface area (Å²) in [4.78, 5) is 26.9. The summed E-state index contributed by atoms with van der Waals surface area (Å²) in [7, 11) is 0. The molecule has 0 bridgehead atoms. The number of benzene rings is 1. The standard InChI is InChI=1S/C21H25N5O/c1-15(25-17-7-3-2-4-8-17)19(27)12-16-6-5-11-26(13-16)21-18-9-10-22-20(18)23-14-24-21/h2-4,7-10,14-16,25H,5-6,11-13H2,1H3,(H,22,23,24)/t15-,16?/m1/s1. The second-order valence-electron chi connectivity index (χ2n) is 7.29. The molecule has 4 rings (SSSR count). The monoisotopic (exact) mass is 363 g/mol. The number of hydrogen-bond donors (Lipinski definition) is 2. The second-order valence-corrected chi connectivity index (χ2v) is 7.29. The fourth-order valence-electron chi connectivity index (χ4n) is 3.86. The maximum absolute atomic E-state index is 12.7. The van der Waals surface area contributed by atoms with E-state index in [0.717, 1.165) is 48.5 Å². The van der Waals surface area contributed by atoms with E-state index in [1.54, 1.807) is 6.33 Å². The lowest BCUT2D eigenvalue weighted by atomic mass is 9.91. The number of ketones is 1. The van der Waals surface area contributed by atoms with Crippen molar-refractivity contribution in [2.24, 2.45) is 5.92 Å². The maximum Gasteiger partial charge on any atom is 0.155 e. The molecule has 2 N–H and O–H groups in total. The molecule has 0 saturated carbocycles. The van der Waals surface area contributed by atoms with E-state index in [4.69, 9.17) is 0 Å². The van der Waals surface area contributed by atoms with E-state index >= 15 is 0 Å². The first-order valence-electron chi connectivity index (χ1n) is 9.58. The van der Waals surface area contributed by atoms with Crippen LogP contribution in [0.1, 0.15) is 26.2 Å². The topological polar surface area (TPSA) is 73.9 Å². The zero-order valence-corrected chi connectivity index (χ0v) is 15.6. The minimum Gasteiger partial charge on any atom is -0.376 e. The molecule has 0 radical (unpaired) electrons. The molecule has 2 atom stereocenters. The summed E-state index contributed by atoms with van der Waals surface area (Å²) in [5.41, 5.74) is 1.85. The van der Waals surface area contributed by atoms with Crippen LogP contribution in [0.4, 0.5) is 11.5 Å². The normalized spacial score (nSPS) is 18.4. The molecular weight excluding hydrogens is 338 g/mol. The Kier molecular flexibility index (Phi) is 5.05. The van der Waals surface area contributed by atoms with Gasteiger partial charge in [0.25, 0.3) is 0 Å². The third-order valence-electron chi connectivity index (χ3n) is 5.28. The highest BCUT2D eigenvalue weighted by molar-refractivity contribution is 5.88. The molecule has 0 amide bonds. The number of nitrogens with one attached hydrogen (secondary N) is 2. The van der Waals surface area contributed by atoms with E-state index in [0.29, 0.717) is 12.3 Å². The van der Waals surface area contributed by atoms with E-state index < -0.39 is 0 Å². The molecule has 1 aromatic carbocycles. The number of H-pyrrole nitrogens is 1. The third-order valence-corrected chi connectivity index (χ3v) is 5.28. The number of piperidine rings is 1. The summed E-state index contributed by atoms with van der Waals surface area (Å²) in [5, 5.41) is 4.35. The van der Waals surface area contributed by atoms with Crippen LogP contribution >= 0.6 is 0 Å². The van der Waals surface area contributed by atoms with Crippen molar-refractivity contribution in [1.82, 2.24) is 15.0 Å². The number of nitrogens with zero attached hydrogens (tertiary/aromatic N) is 3. The largest absolute Gasteiger partial charge is 0.376 e. The van der Waals surface area contributed by atoms with Gasteiger partial charge >= 0.3 is 0 Å². The van der Waals surface area contributed by atoms with E-state index in [-0.39, 0.29) is 11.8 Å². The van der Waals surface area contributed by atoms with Gasteiger partial charge in [-0.2, -0.15) is 0 Å². The molecule has 3 heterocycles.